The molecule has 1 aromatic heterocycles. The van der Waals surface area contributed by atoms with Crippen molar-refractivity contribution in [2.45, 2.75) is 0 Å². The summed E-state index contributed by atoms with van der Waals surface area (Å²) in [4.78, 5) is 10.7. The zero-order valence-electron chi connectivity index (χ0n) is 8.06. The van der Waals surface area contributed by atoms with Gasteiger partial charge in [-0.25, -0.2) is 0 Å². The summed E-state index contributed by atoms with van der Waals surface area (Å²) in [7, 11) is 0. The van der Waals surface area contributed by atoms with Gasteiger partial charge in [-0.3, -0.25) is 9.98 Å². The lowest BCUT2D eigenvalue weighted by molar-refractivity contribution is 0.468. The fraction of sp³-hybridized carbons (Fsp3) is 0.400. The molecule has 4 heteroatoms. The van der Waals surface area contributed by atoms with Crippen molar-refractivity contribution in [1.29, 1.82) is 0 Å². The van der Waals surface area contributed by atoms with E-state index in [0.29, 0.717) is 6.54 Å². The van der Waals surface area contributed by atoms with Crippen LogP contribution in [0, 0.1) is 0 Å². The van der Waals surface area contributed by atoms with Gasteiger partial charge < -0.3 is 10.6 Å². The van der Waals surface area contributed by atoms with Crippen molar-refractivity contribution in [3.8, 4) is 0 Å². The molecular weight excluding hydrogens is 176 g/mol. The van der Waals surface area contributed by atoms with Gasteiger partial charge in [-0.15, -0.1) is 0 Å². The molecule has 0 atom stereocenters. The Labute approximate surface area is 83.5 Å². The molecule has 1 aromatic rings. The predicted octanol–water partition coefficient (Wildman–Crippen LogP) is 0.102. The topological polar surface area (TPSA) is 54.5 Å². The van der Waals surface area contributed by atoms with Gasteiger partial charge in [0.25, 0.3) is 0 Å². The van der Waals surface area contributed by atoms with Crippen LogP contribution >= 0.6 is 0 Å². The standard InChI is InChI=1S/C10H14N4/c11-3-7-14-8-6-13-10(14)9-1-4-12-5-2-9/h1-2,4-5H,3,6-8,11H2. The van der Waals surface area contributed by atoms with E-state index in [0.717, 1.165) is 31.0 Å². The normalized spacial score (nSPS) is 15.8. The highest BCUT2D eigenvalue weighted by molar-refractivity contribution is 5.99. The lowest BCUT2D eigenvalue weighted by Crippen LogP contribution is -2.33. The lowest BCUT2D eigenvalue weighted by Gasteiger charge is -2.19. The van der Waals surface area contributed by atoms with E-state index in [1.807, 2.05) is 12.1 Å². The minimum atomic E-state index is 0.671. The van der Waals surface area contributed by atoms with Crippen molar-refractivity contribution in [3.05, 3.63) is 30.1 Å². The minimum Gasteiger partial charge on any atom is -0.353 e. The van der Waals surface area contributed by atoms with Crippen molar-refractivity contribution in [1.82, 2.24) is 9.88 Å². The second-order valence-corrected chi connectivity index (χ2v) is 3.22. The van der Waals surface area contributed by atoms with E-state index in [9.17, 15) is 0 Å². The van der Waals surface area contributed by atoms with Crippen molar-refractivity contribution in [2.24, 2.45) is 10.7 Å². The molecule has 0 aliphatic carbocycles. The minimum absolute atomic E-state index is 0.671. The van der Waals surface area contributed by atoms with E-state index in [1.54, 1.807) is 12.4 Å². The van der Waals surface area contributed by atoms with E-state index in [4.69, 9.17) is 5.73 Å². The van der Waals surface area contributed by atoms with Crippen LogP contribution < -0.4 is 5.73 Å². The molecule has 14 heavy (non-hydrogen) atoms. The molecule has 2 N–H and O–H groups in total. The van der Waals surface area contributed by atoms with Crippen LogP contribution in [0.25, 0.3) is 0 Å². The number of pyridine rings is 1. The summed E-state index contributed by atoms with van der Waals surface area (Å²) < 4.78 is 0. The van der Waals surface area contributed by atoms with Crippen LogP contribution in [0.2, 0.25) is 0 Å². The maximum Gasteiger partial charge on any atom is 0.131 e. The molecule has 0 aromatic carbocycles. The molecule has 0 amide bonds. The summed E-state index contributed by atoms with van der Waals surface area (Å²) in [5, 5.41) is 0. The van der Waals surface area contributed by atoms with E-state index in [2.05, 4.69) is 14.9 Å². The van der Waals surface area contributed by atoms with Crippen LogP contribution in [0.5, 0.6) is 0 Å². The first-order chi connectivity index (χ1) is 6.92. The third-order valence-electron chi connectivity index (χ3n) is 2.27. The Bertz CT molecular complexity index is 320. The van der Waals surface area contributed by atoms with Crippen LogP contribution in [0.4, 0.5) is 0 Å². The maximum atomic E-state index is 5.54. The Hall–Kier alpha value is -1.42. The molecule has 1 aliphatic heterocycles. The Kier molecular flexibility index (Phi) is 2.74. The molecule has 2 rings (SSSR count). The van der Waals surface area contributed by atoms with Crippen molar-refractivity contribution >= 4 is 5.84 Å². The first-order valence-corrected chi connectivity index (χ1v) is 4.81. The van der Waals surface area contributed by atoms with Crippen LogP contribution in [0.15, 0.2) is 29.5 Å². The van der Waals surface area contributed by atoms with Crippen LogP contribution in [0.3, 0.4) is 0 Å². The molecule has 4 nitrogen and oxygen atoms in total. The maximum absolute atomic E-state index is 5.54. The third-order valence-corrected chi connectivity index (χ3v) is 2.27. The predicted molar refractivity (Wildman–Crippen MR) is 56.3 cm³/mol. The highest BCUT2D eigenvalue weighted by atomic mass is 15.2. The molecule has 0 spiro atoms. The average molecular weight is 190 g/mol. The van der Waals surface area contributed by atoms with E-state index < -0.39 is 0 Å². The zero-order chi connectivity index (χ0) is 9.80. The molecule has 1 aliphatic rings. The monoisotopic (exact) mass is 190 g/mol. The first kappa shape index (κ1) is 9.15. The Morgan fingerprint density at radius 1 is 1.36 bits per heavy atom. The molecule has 0 saturated heterocycles. The van der Waals surface area contributed by atoms with Gasteiger partial charge in [0.2, 0.25) is 0 Å². The molecule has 0 bridgehead atoms. The molecule has 2 heterocycles. The van der Waals surface area contributed by atoms with Crippen molar-refractivity contribution in [2.75, 3.05) is 26.2 Å². The van der Waals surface area contributed by atoms with E-state index in [-0.39, 0.29) is 0 Å². The van der Waals surface area contributed by atoms with Crippen LogP contribution in [-0.2, 0) is 0 Å². The smallest absolute Gasteiger partial charge is 0.131 e. The van der Waals surface area contributed by atoms with Gasteiger partial charge >= 0.3 is 0 Å². The van der Waals surface area contributed by atoms with Gasteiger partial charge in [0.05, 0.1) is 6.54 Å². The molecule has 0 radical (unpaired) electrons. The number of hydrogen-bond acceptors (Lipinski definition) is 4. The Balaban J connectivity index is 2.18. The van der Waals surface area contributed by atoms with Crippen LogP contribution in [0.1, 0.15) is 5.56 Å². The van der Waals surface area contributed by atoms with Gasteiger partial charge in [-0.2, -0.15) is 0 Å². The third kappa shape index (κ3) is 1.75. The van der Waals surface area contributed by atoms with E-state index >= 15 is 0 Å². The van der Waals surface area contributed by atoms with Gasteiger partial charge in [0.15, 0.2) is 0 Å². The van der Waals surface area contributed by atoms with Crippen LogP contribution in [-0.4, -0.2) is 41.9 Å². The molecule has 0 saturated carbocycles. The number of hydrogen-bond donors (Lipinski definition) is 1. The highest BCUT2D eigenvalue weighted by Crippen LogP contribution is 2.09. The second-order valence-electron chi connectivity index (χ2n) is 3.22. The highest BCUT2D eigenvalue weighted by Gasteiger charge is 2.16. The SMILES string of the molecule is NCCN1CCN=C1c1ccncc1. The Morgan fingerprint density at radius 2 is 2.14 bits per heavy atom. The zero-order valence-corrected chi connectivity index (χ0v) is 8.06. The van der Waals surface area contributed by atoms with Gasteiger partial charge in [0, 0.05) is 37.6 Å². The number of nitrogens with zero attached hydrogens (tertiary/aromatic N) is 3. The average Bonchev–Trinajstić information content (AvgIpc) is 2.68. The summed E-state index contributed by atoms with van der Waals surface area (Å²) in [5.41, 5.74) is 6.67. The van der Waals surface area contributed by atoms with Gasteiger partial charge in [0.1, 0.15) is 5.84 Å². The first-order valence-electron chi connectivity index (χ1n) is 4.81. The lowest BCUT2D eigenvalue weighted by atomic mass is 10.2. The number of rotatable bonds is 3. The Morgan fingerprint density at radius 3 is 2.86 bits per heavy atom. The van der Waals surface area contributed by atoms with Crippen molar-refractivity contribution < 1.29 is 0 Å². The van der Waals surface area contributed by atoms with Gasteiger partial charge in [-0.1, -0.05) is 0 Å². The fourth-order valence-electron chi connectivity index (χ4n) is 1.63. The summed E-state index contributed by atoms with van der Waals surface area (Å²) in [6.45, 7) is 3.40. The number of amidine groups is 1. The summed E-state index contributed by atoms with van der Waals surface area (Å²) >= 11 is 0. The second kappa shape index (κ2) is 4.19. The van der Waals surface area contributed by atoms with E-state index in [1.165, 1.54) is 0 Å². The molecular formula is C10H14N4. The summed E-state index contributed by atoms with van der Waals surface area (Å²) in [6, 6.07) is 3.96. The molecule has 74 valence electrons. The fourth-order valence-corrected chi connectivity index (χ4v) is 1.63. The molecule has 0 fully saturated rings. The summed E-state index contributed by atoms with van der Waals surface area (Å²) in [6.07, 6.45) is 3.58. The summed E-state index contributed by atoms with van der Waals surface area (Å²) in [5.74, 6) is 1.05. The quantitative estimate of drug-likeness (QED) is 0.735. The number of nitrogens with two attached hydrogens (primary N) is 1. The van der Waals surface area contributed by atoms with Gasteiger partial charge in [-0.05, 0) is 12.1 Å². The number of aromatic nitrogens is 1. The number of aliphatic imine (C=N–C) groups is 1. The largest absolute Gasteiger partial charge is 0.353 e. The van der Waals surface area contributed by atoms with Crippen molar-refractivity contribution in [3.63, 3.8) is 0 Å². The molecule has 0 unspecified atom stereocenters.